The summed E-state index contributed by atoms with van der Waals surface area (Å²) in [6.07, 6.45) is -0.733. The summed E-state index contributed by atoms with van der Waals surface area (Å²) in [4.78, 5) is 0. The van der Waals surface area contributed by atoms with Gasteiger partial charge in [-0.15, -0.1) is 0 Å². The van der Waals surface area contributed by atoms with Gasteiger partial charge in [-0.1, -0.05) is 6.42 Å². The molecule has 0 aromatic heterocycles. The van der Waals surface area contributed by atoms with Crippen LogP contribution in [0.25, 0.3) is 0 Å². The van der Waals surface area contributed by atoms with Crippen LogP contribution in [0.15, 0.2) is 0 Å². The summed E-state index contributed by atoms with van der Waals surface area (Å²) < 4.78 is 35.3. The molecule has 0 rings (SSSR count). The molecule has 0 saturated carbocycles. The summed E-state index contributed by atoms with van der Waals surface area (Å²) >= 11 is 0. The number of nitrogens with two attached hydrogens (primary N) is 1. The van der Waals surface area contributed by atoms with Crippen LogP contribution in [0.4, 0.5) is 13.2 Å². The van der Waals surface area contributed by atoms with Gasteiger partial charge in [0.2, 0.25) is 0 Å². The summed E-state index contributed by atoms with van der Waals surface area (Å²) in [7, 11) is 0. The van der Waals surface area contributed by atoms with Crippen LogP contribution in [0.1, 0.15) is 45.4 Å². The zero-order valence-corrected chi connectivity index (χ0v) is 9.95. The van der Waals surface area contributed by atoms with Gasteiger partial charge in [-0.2, -0.15) is 13.2 Å². The van der Waals surface area contributed by atoms with E-state index in [1.165, 1.54) is 0 Å². The molecule has 1 atom stereocenters. The van der Waals surface area contributed by atoms with E-state index < -0.39 is 12.6 Å². The highest BCUT2D eigenvalue weighted by atomic mass is 19.4. The van der Waals surface area contributed by atoms with E-state index in [2.05, 4.69) is 5.32 Å². The summed E-state index contributed by atoms with van der Waals surface area (Å²) in [5, 5.41) is 3.14. The number of hydrogen-bond donors (Lipinski definition) is 2. The minimum Gasteiger partial charge on any atom is -0.328 e. The topological polar surface area (TPSA) is 38.0 Å². The summed E-state index contributed by atoms with van der Waals surface area (Å²) in [5.41, 5.74) is 5.59. The highest BCUT2D eigenvalue weighted by molar-refractivity contribution is 4.56. The van der Waals surface area contributed by atoms with Crippen molar-refractivity contribution in [2.45, 2.75) is 57.7 Å². The van der Waals surface area contributed by atoms with Crippen molar-refractivity contribution in [3.63, 3.8) is 0 Å². The van der Waals surface area contributed by atoms with Gasteiger partial charge in [0.15, 0.2) is 0 Å². The molecule has 0 fully saturated rings. The van der Waals surface area contributed by atoms with Gasteiger partial charge in [0.1, 0.15) is 0 Å². The molecule has 0 saturated heterocycles. The maximum Gasteiger partial charge on any atom is 0.389 e. The molecule has 98 valence electrons. The molecule has 0 aliphatic rings. The quantitative estimate of drug-likeness (QED) is 0.608. The third kappa shape index (κ3) is 13.7. The summed E-state index contributed by atoms with van der Waals surface area (Å²) in [6, 6.07) is 0.242. The minimum atomic E-state index is -4.00. The number of alkyl halides is 3. The molecule has 0 aliphatic carbocycles. The van der Waals surface area contributed by atoms with Gasteiger partial charge >= 0.3 is 6.18 Å². The van der Waals surface area contributed by atoms with E-state index in [0.717, 1.165) is 25.8 Å². The fraction of sp³-hybridized carbons (Fsp3) is 1.00. The van der Waals surface area contributed by atoms with E-state index in [0.29, 0.717) is 13.0 Å². The molecule has 0 spiro atoms. The van der Waals surface area contributed by atoms with E-state index in [9.17, 15) is 13.2 Å². The fourth-order valence-corrected chi connectivity index (χ4v) is 1.42. The number of nitrogens with one attached hydrogen (secondary N) is 1. The van der Waals surface area contributed by atoms with E-state index >= 15 is 0 Å². The maximum atomic E-state index is 11.8. The largest absolute Gasteiger partial charge is 0.389 e. The molecule has 2 nitrogen and oxygen atoms in total. The Kier molecular flexibility index (Phi) is 8.66. The van der Waals surface area contributed by atoms with Crippen molar-refractivity contribution >= 4 is 0 Å². The van der Waals surface area contributed by atoms with Crippen LogP contribution in [-0.4, -0.2) is 25.3 Å². The second-order valence-corrected chi connectivity index (χ2v) is 4.30. The van der Waals surface area contributed by atoms with Crippen molar-refractivity contribution in [3.8, 4) is 0 Å². The molecule has 0 aromatic rings. The predicted molar refractivity (Wildman–Crippen MR) is 60.3 cm³/mol. The zero-order valence-electron chi connectivity index (χ0n) is 9.95. The molecular formula is C11H23F3N2. The zero-order chi connectivity index (χ0) is 12.4. The number of hydrogen-bond acceptors (Lipinski definition) is 2. The van der Waals surface area contributed by atoms with E-state index in [1.807, 2.05) is 6.92 Å². The van der Waals surface area contributed by atoms with E-state index in [-0.39, 0.29) is 12.5 Å². The second kappa shape index (κ2) is 8.82. The Morgan fingerprint density at radius 3 is 2.12 bits per heavy atom. The van der Waals surface area contributed by atoms with Crippen molar-refractivity contribution in [3.05, 3.63) is 0 Å². The first-order chi connectivity index (χ1) is 7.42. The standard InChI is InChI=1S/C11H23F3N2/c1-10(15)6-2-4-8-16-9-5-3-7-11(12,13)14/h10,16H,2-9,15H2,1H3. The van der Waals surface area contributed by atoms with Crippen LogP contribution in [0.2, 0.25) is 0 Å². The van der Waals surface area contributed by atoms with Crippen LogP contribution in [-0.2, 0) is 0 Å². The Morgan fingerprint density at radius 1 is 1.06 bits per heavy atom. The first-order valence-electron chi connectivity index (χ1n) is 5.95. The van der Waals surface area contributed by atoms with Crippen molar-refractivity contribution in [2.24, 2.45) is 5.73 Å². The van der Waals surface area contributed by atoms with Crippen LogP contribution in [0.5, 0.6) is 0 Å². The molecule has 1 unspecified atom stereocenters. The van der Waals surface area contributed by atoms with Crippen molar-refractivity contribution in [1.29, 1.82) is 0 Å². The van der Waals surface area contributed by atoms with Crippen LogP contribution in [0, 0.1) is 0 Å². The average Bonchev–Trinajstić information content (AvgIpc) is 2.13. The summed E-state index contributed by atoms with van der Waals surface area (Å²) in [5.74, 6) is 0. The third-order valence-electron chi connectivity index (χ3n) is 2.33. The lowest BCUT2D eigenvalue weighted by molar-refractivity contribution is -0.135. The Labute approximate surface area is 95.8 Å². The summed E-state index contributed by atoms with van der Waals surface area (Å²) in [6.45, 7) is 3.53. The lowest BCUT2D eigenvalue weighted by Gasteiger charge is -2.07. The Morgan fingerprint density at radius 2 is 1.62 bits per heavy atom. The van der Waals surface area contributed by atoms with Gasteiger partial charge < -0.3 is 11.1 Å². The second-order valence-electron chi connectivity index (χ2n) is 4.30. The number of halogens is 3. The van der Waals surface area contributed by atoms with Gasteiger partial charge in [0.05, 0.1) is 0 Å². The molecule has 5 heteroatoms. The SMILES string of the molecule is CC(N)CCCCNCCCCC(F)(F)F. The molecular weight excluding hydrogens is 217 g/mol. The van der Waals surface area contributed by atoms with Gasteiger partial charge in [-0.05, 0) is 45.7 Å². The molecule has 0 heterocycles. The fourth-order valence-electron chi connectivity index (χ4n) is 1.42. The lowest BCUT2D eigenvalue weighted by Crippen LogP contribution is -2.19. The number of rotatable bonds is 9. The lowest BCUT2D eigenvalue weighted by atomic mass is 10.1. The molecule has 0 radical (unpaired) electrons. The Bertz CT molecular complexity index is 158. The van der Waals surface area contributed by atoms with Gasteiger partial charge in [0.25, 0.3) is 0 Å². The van der Waals surface area contributed by atoms with E-state index in [1.54, 1.807) is 0 Å². The van der Waals surface area contributed by atoms with Crippen LogP contribution >= 0.6 is 0 Å². The van der Waals surface area contributed by atoms with Gasteiger partial charge in [-0.25, -0.2) is 0 Å². The van der Waals surface area contributed by atoms with Gasteiger partial charge in [-0.3, -0.25) is 0 Å². The van der Waals surface area contributed by atoms with Gasteiger partial charge in [0, 0.05) is 12.5 Å². The predicted octanol–water partition coefficient (Wildman–Crippen LogP) is 2.83. The minimum absolute atomic E-state index is 0.219. The van der Waals surface area contributed by atoms with Crippen molar-refractivity contribution in [2.75, 3.05) is 13.1 Å². The Hall–Kier alpha value is -0.290. The first-order valence-corrected chi connectivity index (χ1v) is 5.95. The first kappa shape index (κ1) is 15.7. The smallest absolute Gasteiger partial charge is 0.328 e. The molecule has 3 N–H and O–H groups in total. The van der Waals surface area contributed by atoms with E-state index in [4.69, 9.17) is 5.73 Å². The van der Waals surface area contributed by atoms with Crippen molar-refractivity contribution < 1.29 is 13.2 Å². The normalized spacial score (nSPS) is 14.1. The number of unbranched alkanes of at least 4 members (excludes halogenated alkanes) is 2. The maximum absolute atomic E-state index is 11.8. The average molecular weight is 240 g/mol. The highest BCUT2D eigenvalue weighted by Gasteiger charge is 2.25. The van der Waals surface area contributed by atoms with Crippen LogP contribution < -0.4 is 11.1 Å². The van der Waals surface area contributed by atoms with Crippen molar-refractivity contribution in [1.82, 2.24) is 5.32 Å². The molecule has 0 aliphatic heterocycles. The Balaban J connectivity index is 3.05. The molecule has 0 bridgehead atoms. The van der Waals surface area contributed by atoms with Crippen LogP contribution in [0.3, 0.4) is 0 Å². The third-order valence-corrected chi connectivity index (χ3v) is 2.33. The highest BCUT2D eigenvalue weighted by Crippen LogP contribution is 2.21. The molecule has 0 amide bonds. The molecule has 16 heavy (non-hydrogen) atoms. The monoisotopic (exact) mass is 240 g/mol. The molecule has 0 aromatic carbocycles.